The lowest BCUT2D eigenvalue weighted by atomic mass is 10.1. The molecule has 1 aliphatic rings. The molecule has 152 valence electrons. The molecule has 0 aliphatic carbocycles. The molecule has 1 aromatic carbocycles. The summed E-state index contributed by atoms with van der Waals surface area (Å²) in [4.78, 5) is 21.3. The number of rotatable bonds is 9. The van der Waals surface area contributed by atoms with Gasteiger partial charge in [0.2, 0.25) is 5.91 Å². The van der Waals surface area contributed by atoms with Crippen LogP contribution in [0.25, 0.3) is 10.6 Å². The van der Waals surface area contributed by atoms with Gasteiger partial charge in [0.25, 0.3) is 0 Å². The third-order valence-electron chi connectivity index (χ3n) is 4.68. The summed E-state index contributed by atoms with van der Waals surface area (Å²) in [5.74, 6) is 0.0386. The standard InChI is InChI=1S/C21H30N4O2S/c1-24(2)8-4-7-22-20(26)14-19-16-28-21(23-19)18-6-3-5-17(13-18)15-25-9-11-27-12-10-25/h3,5-6,13,16H,4,7-12,14-15H2,1-2H3,(H,22,26). The molecule has 7 heteroatoms. The quantitative estimate of drug-likeness (QED) is 0.652. The number of hydrogen-bond acceptors (Lipinski definition) is 6. The van der Waals surface area contributed by atoms with Crippen molar-refractivity contribution in [2.45, 2.75) is 19.4 Å². The van der Waals surface area contributed by atoms with Gasteiger partial charge in [0.05, 0.1) is 25.3 Å². The summed E-state index contributed by atoms with van der Waals surface area (Å²) in [5, 5.41) is 5.93. The van der Waals surface area contributed by atoms with Gasteiger partial charge in [0, 0.05) is 37.1 Å². The normalized spacial score (nSPS) is 15.1. The van der Waals surface area contributed by atoms with Gasteiger partial charge in [0.15, 0.2) is 0 Å². The van der Waals surface area contributed by atoms with Crippen LogP contribution in [0.5, 0.6) is 0 Å². The summed E-state index contributed by atoms with van der Waals surface area (Å²) in [6.45, 7) is 6.20. The molecule has 1 aliphatic heterocycles. The molecular weight excluding hydrogens is 372 g/mol. The van der Waals surface area contributed by atoms with Crippen molar-refractivity contribution < 1.29 is 9.53 Å². The molecule has 1 aromatic heterocycles. The highest BCUT2D eigenvalue weighted by molar-refractivity contribution is 7.13. The maximum atomic E-state index is 12.1. The SMILES string of the molecule is CN(C)CCCNC(=O)Cc1csc(-c2cccc(CN3CCOCC3)c2)n1. The zero-order valence-electron chi connectivity index (χ0n) is 16.8. The van der Waals surface area contributed by atoms with E-state index >= 15 is 0 Å². The van der Waals surface area contributed by atoms with Crippen LogP contribution in [0.15, 0.2) is 29.6 Å². The third-order valence-corrected chi connectivity index (χ3v) is 5.62. The Morgan fingerprint density at radius 3 is 2.93 bits per heavy atom. The maximum absolute atomic E-state index is 12.1. The van der Waals surface area contributed by atoms with E-state index in [0.29, 0.717) is 13.0 Å². The maximum Gasteiger partial charge on any atom is 0.226 e. The van der Waals surface area contributed by atoms with Crippen LogP contribution >= 0.6 is 11.3 Å². The Kier molecular flexibility index (Phi) is 7.97. The summed E-state index contributed by atoms with van der Waals surface area (Å²) in [6, 6.07) is 8.55. The summed E-state index contributed by atoms with van der Waals surface area (Å²) in [6.07, 6.45) is 1.29. The van der Waals surface area contributed by atoms with Crippen molar-refractivity contribution in [3.63, 3.8) is 0 Å². The fourth-order valence-corrected chi connectivity index (χ4v) is 4.01. The van der Waals surface area contributed by atoms with Crippen molar-refractivity contribution in [3.05, 3.63) is 40.9 Å². The van der Waals surface area contributed by atoms with E-state index in [1.54, 1.807) is 11.3 Å². The second-order valence-electron chi connectivity index (χ2n) is 7.42. The van der Waals surface area contributed by atoms with Crippen molar-refractivity contribution in [2.24, 2.45) is 0 Å². The van der Waals surface area contributed by atoms with Gasteiger partial charge >= 0.3 is 0 Å². The van der Waals surface area contributed by atoms with Crippen molar-refractivity contribution in [1.29, 1.82) is 0 Å². The second-order valence-corrected chi connectivity index (χ2v) is 8.27. The molecule has 1 saturated heterocycles. The zero-order valence-corrected chi connectivity index (χ0v) is 17.6. The summed E-state index contributed by atoms with van der Waals surface area (Å²) in [5.41, 5.74) is 3.24. The van der Waals surface area contributed by atoms with Crippen LogP contribution in [-0.2, 0) is 22.5 Å². The molecule has 0 saturated carbocycles. The highest BCUT2D eigenvalue weighted by Gasteiger charge is 2.12. The second kappa shape index (κ2) is 10.7. The van der Waals surface area contributed by atoms with Crippen LogP contribution in [0.4, 0.5) is 0 Å². The number of benzene rings is 1. The predicted octanol–water partition coefficient (Wildman–Crippen LogP) is 2.25. The first-order valence-electron chi connectivity index (χ1n) is 9.85. The van der Waals surface area contributed by atoms with E-state index in [-0.39, 0.29) is 5.91 Å². The van der Waals surface area contributed by atoms with Gasteiger partial charge in [-0.3, -0.25) is 9.69 Å². The van der Waals surface area contributed by atoms with Crippen molar-refractivity contribution in [1.82, 2.24) is 20.1 Å². The van der Waals surface area contributed by atoms with Crippen LogP contribution in [0.3, 0.4) is 0 Å². The first kappa shape index (κ1) is 20.9. The average molecular weight is 403 g/mol. The van der Waals surface area contributed by atoms with Crippen LogP contribution in [0.1, 0.15) is 17.7 Å². The Hall–Kier alpha value is -1.80. The zero-order chi connectivity index (χ0) is 19.8. The van der Waals surface area contributed by atoms with Crippen LogP contribution in [0.2, 0.25) is 0 Å². The molecule has 0 unspecified atom stereocenters. The van der Waals surface area contributed by atoms with E-state index < -0.39 is 0 Å². The third kappa shape index (κ3) is 6.67. The van der Waals surface area contributed by atoms with Gasteiger partial charge in [-0.2, -0.15) is 0 Å². The van der Waals surface area contributed by atoms with Gasteiger partial charge in [-0.15, -0.1) is 11.3 Å². The highest BCUT2D eigenvalue weighted by atomic mass is 32.1. The van der Waals surface area contributed by atoms with E-state index in [4.69, 9.17) is 4.74 Å². The number of aromatic nitrogens is 1. The average Bonchev–Trinajstić information content (AvgIpc) is 3.15. The fourth-order valence-electron chi connectivity index (χ4n) is 3.19. The van der Waals surface area contributed by atoms with Crippen molar-refractivity contribution >= 4 is 17.2 Å². The van der Waals surface area contributed by atoms with Gasteiger partial charge < -0.3 is 15.0 Å². The summed E-state index contributed by atoms with van der Waals surface area (Å²) in [7, 11) is 4.07. The molecular formula is C21H30N4O2S. The molecule has 28 heavy (non-hydrogen) atoms. The Morgan fingerprint density at radius 1 is 1.32 bits per heavy atom. The molecule has 0 spiro atoms. The van der Waals surface area contributed by atoms with E-state index in [1.807, 2.05) is 19.5 Å². The van der Waals surface area contributed by atoms with Crippen LogP contribution < -0.4 is 5.32 Å². The first-order chi connectivity index (χ1) is 13.6. The summed E-state index contributed by atoms with van der Waals surface area (Å²) >= 11 is 1.60. The minimum absolute atomic E-state index is 0.0386. The Morgan fingerprint density at radius 2 is 2.14 bits per heavy atom. The van der Waals surface area contributed by atoms with E-state index in [0.717, 1.165) is 62.1 Å². The Bertz CT molecular complexity index is 756. The number of ether oxygens (including phenoxy) is 1. The number of hydrogen-bond donors (Lipinski definition) is 1. The lowest BCUT2D eigenvalue weighted by Gasteiger charge is -2.26. The van der Waals surface area contributed by atoms with Crippen molar-refractivity contribution in [2.75, 3.05) is 53.5 Å². The minimum atomic E-state index is 0.0386. The van der Waals surface area contributed by atoms with Gasteiger partial charge in [-0.05, 0) is 38.7 Å². The van der Waals surface area contributed by atoms with Crippen LogP contribution in [-0.4, -0.2) is 74.2 Å². The number of amides is 1. The first-order valence-corrected chi connectivity index (χ1v) is 10.7. The minimum Gasteiger partial charge on any atom is -0.379 e. The van der Waals surface area contributed by atoms with E-state index in [2.05, 4.69) is 44.4 Å². The molecule has 2 aromatic rings. The monoisotopic (exact) mass is 402 g/mol. The number of morpholine rings is 1. The molecule has 2 heterocycles. The molecule has 1 fully saturated rings. The van der Waals surface area contributed by atoms with Gasteiger partial charge in [-0.1, -0.05) is 18.2 Å². The largest absolute Gasteiger partial charge is 0.379 e. The Labute approximate surface area is 171 Å². The van der Waals surface area contributed by atoms with Crippen LogP contribution in [0, 0.1) is 0 Å². The highest BCUT2D eigenvalue weighted by Crippen LogP contribution is 2.25. The van der Waals surface area contributed by atoms with Gasteiger partial charge in [0.1, 0.15) is 5.01 Å². The topological polar surface area (TPSA) is 57.7 Å². The van der Waals surface area contributed by atoms with Gasteiger partial charge in [-0.25, -0.2) is 4.98 Å². The van der Waals surface area contributed by atoms with E-state index in [9.17, 15) is 4.79 Å². The van der Waals surface area contributed by atoms with Crippen molar-refractivity contribution in [3.8, 4) is 10.6 Å². The molecule has 1 N–H and O–H groups in total. The lowest BCUT2D eigenvalue weighted by molar-refractivity contribution is -0.120. The summed E-state index contributed by atoms with van der Waals surface area (Å²) < 4.78 is 5.42. The molecule has 6 nitrogen and oxygen atoms in total. The molecule has 0 atom stereocenters. The van der Waals surface area contributed by atoms with E-state index in [1.165, 1.54) is 5.56 Å². The number of thiazole rings is 1. The Balaban J connectivity index is 1.53. The number of nitrogens with one attached hydrogen (secondary N) is 1. The predicted molar refractivity (Wildman–Crippen MR) is 114 cm³/mol. The fraction of sp³-hybridized carbons (Fsp3) is 0.524. The lowest BCUT2D eigenvalue weighted by Crippen LogP contribution is -2.35. The smallest absolute Gasteiger partial charge is 0.226 e. The number of carbonyl (C=O) groups excluding carboxylic acids is 1. The number of carbonyl (C=O) groups is 1. The molecule has 0 bridgehead atoms. The molecule has 1 amide bonds. The molecule has 0 radical (unpaired) electrons. The molecule has 3 rings (SSSR count). The number of nitrogens with zero attached hydrogens (tertiary/aromatic N) is 3.